The van der Waals surface area contributed by atoms with Gasteiger partial charge in [0.05, 0.1) is 12.9 Å². The van der Waals surface area contributed by atoms with Crippen molar-refractivity contribution in [2.45, 2.75) is 52.2 Å². The molecule has 0 bridgehead atoms. The van der Waals surface area contributed by atoms with Gasteiger partial charge in [-0.1, -0.05) is 63.6 Å². The smallest absolute Gasteiger partial charge is 0.234 e. The number of carbonyl (C=O) groups is 1. The second kappa shape index (κ2) is 9.84. The summed E-state index contributed by atoms with van der Waals surface area (Å²) in [6.07, 6.45) is 0. The van der Waals surface area contributed by atoms with Gasteiger partial charge >= 0.3 is 0 Å². The second-order valence-corrected chi connectivity index (χ2v) is 8.46. The van der Waals surface area contributed by atoms with Gasteiger partial charge in [0, 0.05) is 17.0 Å². The molecule has 146 valence electrons. The number of amides is 1. The van der Waals surface area contributed by atoms with Gasteiger partial charge in [-0.15, -0.1) is 11.8 Å². The van der Waals surface area contributed by atoms with Crippen molar-refractivity contribution in [1.82, 2.24) is 0 Å². The first-order valence-electron chi connectivity index (χ1n) is 9.47. The van der Waals surface area contributed by atoms with Crippen LogP contribution in [0, 0.1) is 6.92 Å². The van der Waals surface area contributed by atoms with Crippen LogP contribution in [0.2, 0.25) is 0 Å². The van der Waals surface area contributed by atoms with Crippen LogP contribution >= 0.6 is 11.8 Å². The lowest BCUT2D eigenvalue weighted by Crippen LogP contribution is -2.17. The van der Waals surface area contributed by atoms with Gasteiger partial charge in [0.2, 0.25) is 5.91 Å². The highest BCUT2D eigenvalue weighted by atomic mass is 32.2. The van der Waals surface area contributed by atoms with E-state index in [-0.39, 0.29) is 5.91 Å². The van der Waals surface area contributed by atoms with Crippen molar-refractivity contribution >= 4 is 23.4 Å². The molecule has 2 rings (SSSR count). The van der Waals surface area contributed by atoms with Crippen LogP contribution in [0.5, 0.6) is 5.75 Å². The van der Waals surface area contributed by atoms with Gasteiger partial charge in [0.1, 0.15) is 5.75 Å². The van der Waals surface area contributed by atoms with Crippen LogP contribution in [0.1, 0.15) is 61.8 Å². The number of nitrogens with one attached hydrogen (secondary N) is 1. The minimum atomic E-state index is 0.0432. The largest absolute Gasteiger partial charge is 0.496 e. The lowest BCUT2D eigenvalue weighted by molar-refractivity contribution is -0.113. The van der Waals surface area contributed by atoms with E-state index in [0.29, 0.717) is 17.6 Å². The molecule has 0 unspecified atom stereocenters. The molecule has 0 aliphatic carbocycles. The van der Waals surface area contributed by atoms with Crippen LogP contribution in [-0.4, -0.2) is 18.8 Å². The molecule has 0 saturated heterocycles. The third kappa shape index (κ3) is 5.77. The molecule has 0 saturated carbocycles. The Hall–Kier alpha value is -1.94. The third-order valence-corrected chi connectivity index (χ3v) is 5.55. The summed E-state index contributed by atoms with van der Waals surface area (Å²) in [5.74, 6) is 2.82. The van der Waals surface area contributed by atoms with Gasteiger partial charge in [0.15, 0.2) is 0 Å². The lowest BCUT2D eigenvalue weighted by Gasteiger charge is -2.20. The number of carbonyl (C=O) groups excluding carboxylic acids is 1. The predicted molar refractivity (Wildman–Crippen MR) is 117 cm³/mol. The fourth-order valence-corrected chi connectivity index (χ4v) is 3.95. The highest BCUT2D eigenvalue weighted by Crippen LogP contribution is 2.32. The summed E-state index contributed by atoms with van der Waals surface area (Å²) in [5, 5.41) is 3.18. The molecule has 1 amide bonds. The zero-order chi connectivity index (χ0) is 20.0. The van der Waals surface area contributed by atoms with E-state index >= 15 is 0 Å². The Morgan fingerprint density at radius 2 is 1.70 bits per heavy atom. The van der Waals surface area contributed by atoms with Crippen LogP contribution in [0.25, 0.3) is 0 Å². The molecule has 0 aromatic heterocycles. The van der Waals surface area contributed by atoms with E-state index in [1.54, 1.807) is 18.9 Å². The molecule has 0 atom stereocenters. The summed E-state index contributed by atoms with van der Waals surface area (Å²) >= 11 is 1.61. The molecular weight excluding hydrogens is 354 g/mol. The first-order chi connectivity index (χ1) is 12.8. The van der Waals surface area contributed by atoms with Crippen molar-refractivity contribution in [2.75, 3.05) is 18.2 Å². The monoisotopic (exact) mass is 385 g/mol. The molecule has 27 heavy (non-hydrogen) atoms. The molecule has 0 heterocycles. The Kier molecular flexibility index (Phi) is 7.78. The van der Waals surface area contributed by atoms with E-state index in [1.165, 1.54) is 16.7 Å². The first kappa shape index (κ1) is 21.4. The van der Waals surface area contributed by atoms with Gasteiger partial charge in [-0.3, -0.25) is 4.79 Å². The highest BCUT2D eigenvalue weighted by molar-refractivity contribution is 7.99. The Labute approximate surface area is 167 Å². The van der Waals surface area contributed by atoms with Crippen molar-refractivity contribution in [2.24, 2.45) is 0 Å². The molecule has 0 aliphatic rings. The van der Waals surface area contributed by atoms with E-state index in [4.69, 9.17) is 4.74 Å². The van der Waals surface area contributed by atoms with Gasteiger partial charge in [0.25, 0.3) is 0 Å². The molecule has 1 N–H and O–H groups in total. The van der Waals surface area contributed by atoms with Crippen LogP contribution in [0.4, 0.5) is 5.69 Å². The van der Waals surface area contributed by atoms with Gasteiger partial charge in [-0.05, 0) is 36.0 Å². The van der Waals surface area contributed by atoms with Crippen molar-refractivity contribution in [1.29, 1.82) is 0 Å². The molecule has 0 aliphatic heterocycles. The summed E-state index contributed by atoms with van der Waals surface area (Å²) in [4.78, 5) is 12.6. The molecule has 3 nitrogen and oxygen atoms in total. The topological polar surface area (TPSA) is 38.3 Å². The van der Waals surface area contributed by atoms with Crippen LogP contribution in [0.15, 0.2) is 36.4 Å². The summed E-state index contributed by atoms with van der Waals surface area (Å²) < 4.78 is 5.42. The van der Waals surface area contributed by atoms with E-state index < -0.39 is 0 Å². The number of ether oxygens (including phenoxy) is 1. The molecular formula is C23H31NO2S. The van der Waals surface area contributed by atoms with Gasteiger partial charge in [-0.2, -0.15) is 0 Å². The first-order valence-corrected chi connectivity index (χ1v) is 10.6. The number of para-hydroxylation sites is 1. The average molecular weight is 386 g/mol. The van der Waals surface area contributed by atoms with Crippen LogP contribution in [0.3, 0.4) is 0 Å². The van der Waals surface area contributed by atoms with Crippen LogP contribution < -0.4 is 10.1 Å². The number of benzene rings is 2. The van der Waals surface area contributed by atoms with E-state index in [1.807, 2.05) is 12.1 Å². The average Bonchev–Trinajstić information content (AvgIpc) is 2.61. The normalized spacial score (nSPS) is 11.1. The molecule has 2 aromatic carbocycles. The zero-order valence-electron chi connectivity index (χ0n) is 17.3. The fourth-order valence-electron chi connectivity index (χ4n) is 3.14. The maximum Gasteiger partial charge on any atom is 0.234 e. The number of hydrogen-bond acceptors (Lipinski definition) is 3. The lowest BCUT2D eigenvalue weighted by atomic mass is 9.92. The number of methoxy groups -OCH3 is 1. The van der Waals surface area contributed by atoms with Crippen molar-refractivity contribution in [3.63, 3.8) is 0 Å². The third-order valence-electron chi connectivity index (χ3n) is 4.56. The Balaban J connectivity index is 2.05. The number of hydrogen-bond donors (Lipinski definition) is 1. The SMILES string of the molecule is COc1ccc(C)cc1CSCC(=O)Nc1c(C(C)C)cccc1C(C)C. The summed E-state index contributed by atoms with van der Waals surface area (Å²) in [6.45, 7) is 10.7. The second-order valence-electron chi connectivity index (χ2n) is 7.48. The standard InChI is InChI=1S/C23H31NO2S/c1-15(2)19-8-7-9-20(16(3)4)23(19)24-22(25)14-27-13-18-12-17(5)10-11-21(18)26-6/h7-12,15-16H,13-14H2,1-6H3,(H,24,25). The quantitative estimate of drug-likeness (QED) is 0.595. The van der Waals surface area contributed by atoms with Gasteiger partial charge in [-0.25, -0.2) is 0 Å². The number of aryl methyl sites for hydroxylation is 1. The number of thioether (sulfide) groups is 1. The van der Waals surface area contributed by atoms with Crippen LogP contribution in [-0.2, 0) is 10.5 Å². The van der Waals surface area contributed by atoms with E-state index in [0.717, 1.165) is 22.8 Å². The number of anilines is 1. The predicted octanol–water partition coefficient (Wildman–Crippen LogP) is 6.12. The minimum absolute atomic E-state index is 0.0432. The summed E-state index contributed by atoms with van der Waals surface area (Å²) in [7, 11) is 1.68. The van der Waals surface area contributed by atoms with E-state index in [2.05, 4.69) is 64.2 Å². The molecule has 2 aromatic rings. The zero-order valence-corrected chi connectivity index (χ0v) is 18.1. The highest BCUT2D eigenvalue weighted by Gasteiger charge is 2.16. The summed E-state index contributed by atoms with van der Waals surface area (Å²) in [5.41, 5.74) is 5.70. The fraction of sp³-hybridized carbons (Fsp3) is 0.435. The maximum atomic E-state index is 12.6. The Bertz CT molecular complexity index is 758. The van der Waals surface area contributed by atoms with Crippen molar-refractivity contribution < 1.29 is 9.53 Å². The van der Waals surface area contributed by atoms with Gasteiger partial charge < -0.3 is 10.1 Å². The Morgan fingerprint density at radius 3 is 2.26 bits per heavy atom. The molecule has 4 heteroatoms. The van der Waals surface area contributed by atoms with E-state index in [9.17, 15) is 4.79 Å². The number of rotatable bonds is 8. The maximum absolute atomic E-state index is 12.6. The molecule has 0 spiro atoms. The van der Waals surface area contributed by atoms with Crippen molar-refractivity contribution in [3.8, 4) is 5.75 Å². The Morgan fingerprint density at radius 1 is 1.07 bits per heavy atom. The van der Waals surface area contributed by atoms with Crippen molar-refractivity contribution in [3.05, 3.63) is 58.7 Å². The minimum Gasteiger partial charge on any atom is -0.496 e. The summed E-state index contributed by atoms with van der Waals surface area (Å²) in [6, 6.07) is 12.4. The molecule has 0 fully saturated rings. The molecule has 0 radical (unpaired) electrons.